The van der Waals surface area contributed by atoms with Gasteiger partial charge in [0.2, 0.25) is 11.8 Å². The molecule has 0 saturated heterocycles. The quantitative estimate of drug-likeness (QED) is 0.609. The second kappa shape index (κ2) is 11.0. The number of benzene rings is 1. The molecule has 0 aliphatic carbocycles. The summed E-state index contributed by atoms with van der Waals surface area (Å²) in [5.41, 5.74) is 6.14. The van der Waals surface area contributed by atoms with Crippen molar-refractivity contribution in [3.05, 3.63) is 29.8 Å². The van der Waals surface area contributed by atoms with Crippen molar-refractivity contribution in [2.75, 3.05) is 13.2 Å². The second-order valence-electron chi connectivity index (χ2n) is 6.75. The van der Waals surface area contributed by atoms with Gasteiger partial charge < -0.3 is 21.1 Å². The molecule has 0 fully saturated rings. The number of para-hydroxylation sites is 1. The molecular formula is C19H32ClN3O3. The molecule has 0 aliphatic heterocycles. The summed E-state index contributed by atoms with van der Waals surface area (Å²) in [4.78, 5) is 24.2. The van der Waals surface area contributed by atoms with Crippen LogP contribution in [0, 0.1) is 5.92 Å². The third kappa shape index (κ3) is 6.84. The van der Waals surface area contributed by atoms with Gasteiger partial charge in [-0.15, -0.1) is 12.4 Å². The third-order valence-corrected chi connectivity index (χ3v) is 4.48. The van der Waals surface area contributed by atoms with Crippen molar-refractivity contribution >= 4 is 24.2 Å². The van der Waals surface area contributed by atoms with Crippen molar-refractivity contribution in [3.8, 4) is 5.75 Å². The average molecular weight is 386 g/mol. The Labute approximate surface area is 162 Å². The highest BCUT2D eigenvalue weighted by atomic mass is 35.5. The van der Waals surface area contributed by atoms with Gasteiger partial charge >= 0.3 is 0 Å². The molecule has 1 aromatic rings. The van der Waals surface area contributed by atoms with Crippen molar-refractivity contribution in [2.24, 2.45) is 11.7 Å². The minimum Gasteiger partial charge on any atom is -0.494 e. The van der Waals surface area contributed by atoms with Crippen LogP contribution in [0.3, 0.4) is 0 Å². The minimum atomic E-state index is -0.489. The largest absolute Gasteiger partial charge is 0.494 e. The normalized spacial score (nSPS) is 14.0. The Morgan fingerprint density at radius 3 is 2.38 bits per heavy atom. The molecular weight excluding hydrogens is 354 g/mol. The predicted octanol–water partition coefficient (Wildman–Crippen LogP) is 2.56. The molecule has 26 heavy (non-hydrogen) atoms. The van der Waals surface area contributed by atoms with Gasteiger partial charge in [-0.05, 0) is 25.8 Å². The Balaban J connectivity index is 0.00000625. The van der Waals surface area contributed by atoms with E-state index >= 15 is 0 Å². The Hall–Kier alpha value is -1.79. The van der Waals surface area contributed by atoms with Gasteiger partial charge in [-0.25, -0.2) is 0 Å². The van der Waals surface area contributed by atoms with Crippen LogP contribution in [-0.4, -0.2) is 30.5 Å². The molecule has 0 heterocycles. The molecule has 2 amide bonds. The zero-order chi connectivity index (χ0) is 19.0. The van der Waals surface area contributed by atoms with E-state index in [9.17, 15) is 9.59 Å². The van der Waals surface area contributed by atoms with E-state index in [0.717, 1.165) is 5.56 Å². The molecule has 0 spiro atoms. The van der Waals surface area contributed by atoms with Crippen LogP contribution in [0.25, 0.3) is 0 Å². The summed E-state index contributed by atoms with van der Waals surface area (Å²) in [6.07, 6.45) is 0.117. The van der Waals surface area contributed by atoms with Gasteiger partial charge in [-0.3, -0.25) is 9.59 Å². The molecule has 6 nitrogen and oxygen atoms in total. The molecule has 0 aliphatic rings. The Kier molecular flexibility index (Phi) is 10.3. The average Bonchev–Trinajstić information content (AvgIpc) is 2.54. The molecule has 0 bridgehead atoms. The van der Waals surface area contributed by atoms with E-state index < -0.39 is 11.6 Å². The highest BCUT2D eigenvalue weighted by Gasteiger charge is 2.30. The first kappa shape index (κ1) is 24.2. The zero-order valence-electron chi connectivity index (χ0n) is 16.3. The summed E-state index contributed by atoms with van der Waals surface area (Å²) in [6, 6.07) is 6.97. The van der Waals surface area contributed by atoms with Gasteiger partial charge in [0, 0.05) is 19.0 Å². The molecule has 1 aromatic carbocycles. The van der Waals surface area contributed by atoms with Crippen molar-refractivity contribution in [2.45, 2.75) is 52.6 Å². The van der Waals surface area contributed by atoms with Crippen LogP contribution in [0.1, 0.15) is 52.6 Å². The van der Waals surface area contributed by atoms with E-state index in [0.29, 0.717) is 18.9 Å². The SMILES string of the molecule is CCOc1ccccc1C(CC(=O)NC(C)(CN)C(C)C)NC(C)=O.Cl. The molecule has 148 valence electrons. The van der Waals surface area contributed by atoms with Crippen LogP contribution >= 0.6 is 12.4 Å². The van der Waals surface area contributed by atoms with Gasteiger partial charge in [-0.1, -0.05) is 32.0 Å². The monoisotopic (exact) mass is 385 g/mol. The molecule has 2 atom stereocenters. The van der Waals surface area contributed by atoms with Crippen LogP contribution in [-0.2, 0) is 9.59 Å². The standard InChI is InChI=1S/C19H31N3O3.ClH/c1-6-25-17-10-8-7-9-15(17)16(21-14(4)23)11-18(24)22-19(5,12-20)13(2)3;/h7-10,13,16H,6,11-12,20H2,1-5H3,(H,21,23)(H,22,24);1H. The number of carbonyl (C=O) groups excluding carboxylic acids is 2. The maximum atomic E-state index is 12.6. The maximum absolute atomic E-state index is 12.6. The summed E-state index contributed by atoms with van der Waals surface area (Å²) in [5.74, 6) is 0.500. The topological polar surface area (TPSA) is 93.4 Å². The molecule has 4 N–H and O–H groups in total. The Morgan fingerprint density at radius 2 is 1.88 bits per heavy atom. The van der Waals surface area contributed by atoms with Gasteiger partial charge in [0.05, 0.1) is 24.6 Å². The van der Waals surface area contributed by atoms with E-state index in [1.807, 2.05) is 52.0 Å². The fraction of sp³-hybridized carbons (Fsp3) is 0.579. The van der Waals surface area contributed by atoms with Gasteiger partial charge in [0.1, 0.15) is 5.75 Å². The number of nitrogens with one attached hydrogen (secondary N) is 2. The first-order valence-electron chi connectivity index (χ1n) is 8.73. The lowest BCUT2D eigenvalue weighted by atomic mass is 9.88. The van der Waals surface area contributed by atoms with E-state index in [2.05, 4.69) is 10.6 Å². The fourth-order valence-electron chi connectivity index (χ4n) is 2.53. The van der Waals surface area contributed by atoms with E-state index in [-0.39, 0.29) is 36.6 Å². The number of ether oxygens (including phenoxy) is 1. The number of hydrogen-bond acceptors (Lipinski definition) is 4. The first-order chi connectivity index (χ1) is 11.7. The lowest BCUT2D eigenvalue weighted by molar-refractivity contribution is -0.124. The van der Waals surface area contributed by atoms with E-state index in [1.54, 1.807) is 0 Å². The molecule has 2 unspecified atom stereocenters. The highest BCUT2D eigenvalue weighted by molar-refractivity contribution is 5.85. The Morgan fingerprint density at radius 1 is 1.27 bits per heavy atom. The van der Waals surface area contributed by atoms with Gasteiger partial charge in [-0.2, -0.15) is 0 Å². The lowest BCUT2D eigenvalue weighted by Gasteiger charge is -2.34. The van der Waals surface area contributed by atoms with Crippen LogP contribution in [0.15, 0.2) is 24.3 Å². The summed E-state index contributed by atoms with van der Waals surface area (Å²) < 4.78 is 5.64. The highest BCUT2D eigenvalue weighted by Crippen LogP contribution is 2.28. The van der Waals surface area contributed by atoms with E-state index in [1.165, 1.54) is 6.92 Å². The van der Waals surface area contributed by atoms with Crippen molar-refractivity contribution in [1.29, 1.82) is 0 Å². The molecule has 0 aromatic heterocycles. The third-order valence-electron chi connectivity index (χ3n) is 4.48. The number of amides is 2. The number of nitrogens with two attached hydrogens (primary N) is 1. The summed E-state index contributed by atoms with van der Waals surface area (Å²) >= 11 is 0. The summed E-state index contributed by atoms with van der Waals surface area (Å²) in [7, 11) is 0. The van der Waals surface area contributed by atoms with Crippen molar-refractivity contribution in [1.82, 2.24) is 10.6 Å². The first-order valence-corrected chi connectivity index (χ1v) is 8.73. The number of hydrogen-bond donors (Lipinski definition) is 3. The predicted molar refractivity (Wildman–Crippen MR) is 106 cm³/mol. The molecule has 1 rings (SSSR count). The number of halogens is 1. The smallest absolute Gasteiger partial charge is 0.222 e. The Bertz CT molecular complexity index is 595. The van der Waals surface area contributed by atoms with Crippen molar-refractivity contribution in [3.63, 3.8) is 0 Å². The second-order valence-corrected chi connectivity index (χ2v) is 6.75. The van der Waals surface area contributed by atoms with Gasteiger partial charge in [0.15, 0.2) is 0 Å². The van der Waals surface area contributed by atoms with Crippen molar-refractivity contribution < 1.29 is 14.3 Å². The van der Waals surface area contributed by atoms with Crippen LogP contribution in [0.5, 0.6) is 5.75 Å². The molecule has 0 saturated carbocycles. The zero-order valence-corrected chi connectivity index (χ0v) is 17.1. The number of rotatable bonds is 9. The maximum Gasteiger partial charge on any atom is 0.222 e. The minimum absolute atomic E-state index is 0. The molecule has 0 radical (unpaired) electrons. The summed E-state index contributed by atoms with van der Waals surface area (Å²) in [6.45, 7) is 10.1. The van der Waals surface area contributed by atoms with Crippen LogP contribution < -0.4 is 21.1 Å². The number of carbonyl (C=O) groups is 2. The summed E-state index contributed by atoms with van der Waals surface area (Å²) in [5, 5.41) is 5.86. The van der Waals surface area contributed by atoms with Gasteiger partial charge in [0.25, 0.3) is 0 Å². The fourth-order valence-corrected chi connectivity index (χ4v) is 2.53. The lowest BCUT2D eigenvalue weighted by Crippen LogP contribution is -2.55. The van der Waals surface area contributed by atoms with Crippen LogP contribution in [0.4, 0.5) is 0 Å². The molecule has 7 heteroatoms. The van der Waals surface area contributed by atoms with Crippen LogP contribution in [0.2, 0.25) is 0 Å². The van der Waals surface area contributed by atoms with E-state index in [4.69, 9.17) is 10.5 Å².